The largest absolute Gasteiger partial charge is 0.396 e. The van der Waals surface area contributed by atoms with Crippen LogP contribution in [-0.4, -0.2) is 55.1 Å². The van der Waals surface area contributed by atoms with Gasteiger partial charge in [-0.05, 0) is 19.3 Å². The van der Waals surface area contributed by atoms with Gasteiger partial charge in [0, 0.05) is 45.1 Å². The molecule has 82 valence electrons. The lowest BCUT2D eigenvalue weighted by Gasteiger charge is -2.40. The Balaban J connectivity index is 1.93. The highest BCUT2D eigenvalue weighted by molar-refractivity contribution is 4.98. The predicted octanol–water partition coefficient (Wildman–Crippen LogP) is -0.219. The summed E-state index contributed by atoms with van der Waals surface area (Å²) in [7, 11) is 0. The minimum absolute atomic E-state index is 0.295. The Bertz CT molecular complexity index is 181. The van der Waals surface area contributed by atoms with E-state index in [9.17, 15) is 0 Å². The molecule has 0 amide bonds. The highest BCUT2D eigenvalue weighted by Crippen LogP contribution is 2.30. The van der Waals surface area contributed by atoms with Crippen LogP contribution in [0, 0.1) is 0 Å². The van der Waals surface area contributed by atoms with Crippen molar-refractivity contribution >= 4 is 0 Å². The van der Waals surface area contributed by atoms with Crippen molar-refractivity contribution < 1.29 is 9.84 Å². The van der Waals surface area contributed by atoms with E-state index < -0.39 is 0 Å². The Morgan fingerprint density at radius 3 is 2.86 bits per heavy atom. The molecule has 2 aliphatic rings. The van der Waals surface area contributed by atoms with E-state index in [1.807, 2.05) is 0 Å². The average Bonchev–Trinajstić information content (AvgIpc) is 2.59. The van der Waals surface area contributed by atoms with E-state index in [1.165, 1.54) is 0 Å². The zero-order valence-electron chi connectivity index (χ0n) is 8.67. The number of aliphatic hydroxyl groups excluding tert-OH is 1. The van der Waals surface area contributed by atoms with Crippen molar-refractivity contribution in [1.29, 1.82) is 0 Å². The van der Waals surface area contributed by atoms with Gasteiger partial charge in [-0.3, -0.25) is 4.90 Å². The van der Waals surface area contributed by atoms with E-state index >= 15 is 0 Å². The van der Waals surface area contributed by atoms with Gasteiger partial charge in [0.1, 0.15) is 0 Å². The normalized spacial score (nSPS) is 27.2. The fourth-order valence-corrected chi connectivity index (χ4v) is 2.53. The molecule has 14 heavy (non-hydrogen) atoms. The Labute approximate surface area is 85.2 Å². The first-order chi connectivity index (χ1) is 6.87. The number of nitrogens with zero attached hydrogens (tertiary/aromatic N) is 1. The van der Waals surface area contributed by atoms with Crippen molar-refractivity contribution in [3.8, 4) is 0 Å². The molecule has 4 heteroatoms. The van der Waals surface area contributed by atoms with Crippen molar-refractivity contribution in [1.82, 2.24) is 10.2 Å². The van der Waals surface area contributed by atoms with E-state index in [-0.39, 0.29) is 0 Å². The molecule has 2 heterocycles. The minimum atomic E-state index is 0.295. The fourth-order valence-electron chi connectivity index (χ4n) is 2.53. The molecule has 0 aromatic carbocycles. The van der Waals surface area contributed by atoms with Crippen LogP contribution in [0.25, 0.3) is 0 Å². The summed E-state index contributed by atoms with van der Waals surface area (Å²) >= 11 is 0. The molecule has 0 saturated carbocycles. The first-order valence-electron chi connectivity index (χ1n) is 5.52. The molecule has 0 aliphatic carbocycles. The van der Waals surface area contributed by atoms with Gasteiger partial charge in [-0.2, -0.15) is 0 Å². The Morgan fingerprint density at radius 1 is 1.36 bits per heavy atom. The van der Waals surface area contributed by atoms with Gasteiger partial charge in [-0.1, -0.05) is 0 Å². The zero-order valence-corrected chi connectivity index (χ0v) is 8.67. The summed E-state index contributed by atoms with van der Waals surface area (Å²) in [5.74, 6) is 0. The highest BCUT2D eigenvalue weighted by Gasteiger charge is 2.41. The molecule has 0 radical (unpaired) electrons. The maximum atomic E-state index is 8.84. The third-order valence-electron chi connectivity index (χ3n) is 3.44. The van der Waals surface area contributed by atoms with Crippen molar-refractivity contribution in [2.45, 2.75) is 24.8 Å². The molecule has 1 spiro atoms. The Morgan fingerprint density at radius 2 is 2.14 bits per heavy atom. The Hall–Kier alpha value is -0.160. The SMILES string of the molecule is OCCCN1CNCC12CCOCC2. The van der Waals surface area contributed by atoms with Gasteiger partial charge in [0.25, 0.3) is 0 Å². The van der Waals surface area contributed by atoms with Crippen LogP contribution in [0.5, 0.6) is 0 Å². The quantitative estimate of drug-likeness (QED) is 0.661. The van der Waals surface area contributed by atoms with Crippen LogP contribution in [0.2, 0.25) is 0 Å². The average molecular weight is 200 g/mol. The standard InChI is InChI=1S/C10H20N2O2/c13-5-1-4-12-9-11-8-10(12)2-6-14-7-3-10/h11,13H,1-9H2. The highest BCUT2D eigenvalue weighted by atomic mass is 16.5. The van der Waals surface area contributed by atoms with Gasteiger partial charge in [0.15, 0.2) is 0 Å². The molecular formula is C10H20N2O2. The lowest BCUT2D eigenvalue weighted by Crippen LogP contribution is -2.50. The Kier molecular flexibility index (Phi) is 3.38. The number of hydrogen-bond donors (Lipinski definition) is 2. The van der Waals surface area contributed by atoms with Gasteiger partial charge in [-0.25, -0.2) is 0 Å². The smallest absolute Gasteiger partial charge is 0.0486 e. The molecule has 0 atom stereocenters. The third kappa shape index (κ3) is 1.93. The zero-order chi connectivity index (χ0) is 9.86. The number of aliphatic hydroxyl groups is 1. The van der Waals surface area contributed by atoms with Crippen LogP contribution < -0.4 is 5.32 Å². The van der Waals surface area contributed by atoms with Crippen molar-refractivity contribution in [2.24, 2.45) is 0 Å². The maximum Gasteiger partial charge on any atom is 0.0486 e. The van der Waals surface area contributed by atoms with Crippen molar-refractivity contribution in [2.75, 3.05) is 39.6 Å². The van der Waals surface area contributed by atoms with Crippen LogP contribution in [0.1, 0.15) is 19.3 Å². The lowest BCUT2D eigenvalue weighted by atomic mass is 9.89. The summed E-state index contributed by atoms with van der Waals surface area (Å²) < 4.78 is 5.41. The summed E-state index contributed by atoms with van der Waals surface area (Å²) in [5, 5.41) is 12.3. The molecule has 2 fully saturated rings. The summed E-state index contributed by atoms with van der Waals surface area (Å²) in [5.41, 5.74) is 0.327. The molecule has 0 aromatic heterocycles. The molecule has 0 unspecified atom stereocenters. The molecule has 0 bridgehead atoms. The summed E-state index contributed by atoms with van der Waals surface area (Å²) in [6, 6.07) is 0. The molecule has 0 aromatic rings. The molecule has 2 rings (SSSR count). The lowest BCUT2D eigenvalue weighted by molar-refractivity contribution is -0.00376. The second kappa shape index (κ2) is 4.57. The van der Waals surface area contributed by atoms with Gasteiger partial charge in [0.2, 0.25) is 0 Å². The van der Waals surface area contributed by atoms with Gasteiger partial charge in [-0.15, -0.1) is 0 Å². The molecule has 4 nitrogen and oxygen atoms in total. The van der Waals surface area contributed by atoms with Crippen molar-refractivity contribution in [3.05, 3.63) is 0 Å². The maximum absolute atomic E-state index is 8.84. The molecule has 2 N–H and O–H groups in total. The van der Waals surface area contributed by atoms with E-state index in [4.69, 9.17) is 9.84 Å². The second-order valence-electron chi connectivity index (χ2n) is 4.26. The second-order valence-corrected chi connectivity index (χ2v) is 4.26. The molecular weight excluding hydrogens is 180 g/mol. The van der Waals surface area contributed by atoms with Crippen molar-refractivity contribution in [3.63, 3.8) is 0 Å². The predicted molar refractivity (Wildman–Crippen MR) is 54.1 cm³/mol. The summed E-state index contributed by atoms with van der Waals surface area (Å²) in [6.07, 6.45) is 3.14. The van der Waals surface area contributed by atoms with Crippen LogP contribution in [0.15, 0.2) is 0 Å². The van der Waals surface area contributed by atoms with Crippen LogP contribution in [-0.2, 0) is 4.74 Å². The minimum Gasteiger partial charge on any atom is -0.396 e. The number of hydrogen-bond acceptors (Lipinski definition) is 4. The molecule has 2 saturated heterocycles. The summed E-state index contributed by atoms with van der Waals surface area (Å²) in [4.78, 5) is 2.48. The van der Waals surface area contributed by atoms with E-state index in [2.05, 4.69) is 10.2 Å². The monoisotopic (exact) mass is 200 g/mol. The number of ether oxygens (including phenoxy) is 1. The summed E-state index contributed by atoms with van der Waals surface area (Å²) in [6.45, 7) is 5.13. The first kappa shape index (κ1) is 10.4. The van der Waals surface area contributed by atoms with Gasteiger partial charge in [0.05, 0.1) is 0 Å². The van der Waals surface area contributed by atoms with E-state index in [0.717, 1.165) is 52.2 Å². The van der Waals surface area contributed by atoms with Gasteiger partial charge < -0.3 is 15.2 Å². The van der Waals surface area contributed by atoms with E-state index in [1.54, 1.807) is 0 Å². The molecule has 2 aliphatic heterocycles. The number of nitrogens with one attached hydrogen (secondary N) is 1. The van der Waals surface area contributed by atoms with Crippen LogP contribution in [0.4, 0.5) is 0 Å². The fraction of sp³-hybridized carbons (Fsp3) is 1.00. The van der Waals surface area contributed by atoms with Crippen LogP contribution >= 0.6 is 0 Å². The van der Waals surface area contributed by atoms with E-state index in [0.29, 0.717) is 12.1 Å². The van der Waals surface area contributed by atoms with Crippen LogP contribution in [0.3, 0.4) is 0 Å². The first-order valence-corrected chi connectivity index (χ1v) is 5.52. The van der Waals surface area contributed by atoms with Gasteiger partial charge >= 0.3 is 0 Å². The third-order valence-corrected chi connectivity index (χ3v) is 3.44. The topological polar surface area (TPSA) is 44.7 Å². The number of rotatable bonds is 3.